The minimum absolute atomic E-state index is 0.153. The molecule has 1 atom stereocenters. The molecule has 2 rings (SSSR count). The number of carbonyl (C=O) groups is 2. The largest absolute Gasteiger partial charge is 0.443 e. The quantitative estimate of drug-likeness (QED) is 0.789. The smallest absolute Gasteiger partial charge is 0.417 e. The van der Waals surface area contributed by atoms with E-state index in [4.69, 9.17) is 4.74 Å². The molecule has 1 aromatic rings. The topological polar surface area (TPSA) is 46.6 Å². The van der Waals surface area contributed by atoms with E-state index in [1.165, 1.54) is 4.90 Å². The lowest BCUT2D eigenvalue weighted by Gasteiger charge is -2.32. The van der Waals surface area contributed by atoms with Crippen LogP contribution in [0.3, 0.4) is 0 Å². The lowest BCUT2D eigenvalue weighted by atomic mass is 9.89. The first-order valence-corrected chi connectivity index (χ1v) is 6.95. The zero-order valence-electron chi connectivity index (χ0n) is 12.3. The van der Waals surface area contributed by atoms with E-state index in [0.717, 1.165) is 12.0 Å². The predicted octanol–water partition coefficient (Wildman–Crippen LogP) is 3.33. The van der Waals surface area contributed by atoms with Gasteiger partial charge in [-0.1, -0.05) is 30.3 Å². The van der Waals surface area contributed by atoms with Gasteiger partial charge in [-0.3, -0.25) is 4.79 Å². The van der Waals surface area contributed by atoms with Crippen LogP contribution in [0.25, 0.3) is 0 Å². The molecular formula is C16H21NO3. The van der Waals surface area contributed by atoms with E-state index in [1.807, 2.05) is 30.3 Å². The van der Waals surface area contributed by atoms with Gasteiger partial charge in [0.05, 0.1) is 0 Å². The number of ether oxygens (including phenoxy) is 1. The Hall–Kier alpha value is -1.84. The summed E-state index contributed by atoms with van der Waals surface area (Å²) >= 11 is 0. The minimum Gasteiger partial charge on any atom is -0.443 e. The van der Waals surface area contributed by atoms with E-state index in [1.54, 1.807) is 20.8 Å². The molecule has 1 aliphatic rings. The molecule has 4 heteroatoms. The molecule has 1 fully saturated rings. The summed E-state index contributed by atoms with van der Waals surface area (Å²) in [4.78, 5) is 25.3. The van der Waals surface area contributed by atoms with E-state index in [-0.39, 0.29) is 11.8 Å². The molecule has 1 saturated heterocycles. The maximum absolute atomic E-state index is 12.1. The summed E-state index contributed by atoms with van der Waals surface area (Å²) in [6.45, 7) is 5.82. The number of hydrogen-bond donors (Lipinski definition) is 0. The van der Waals surface area contributed by atoms with Crippen LogP contribution in [0.2, 0.25) is 0 Å². The summed E-state index contributed by atoms with van der Waals surface area (Å²) in [5.74, 6) is 0.0433. The van der Waals surface area contributed by atoms with E-state index >= 15 is 0 Å². The van der Waals surface area contributed by atoms with Gasteiger partial charge in [0, 0.05) is 13.0 Å². The minimum atomic E-state index is -0.576. The van der Waals surface area contributed by atoms with Gasteiger partial charge < -0.3 is 4.74 Å². The molecular weight excluding hydrogens is 254 g/mol. The summed E-state index contributed by atoms with van der Waals surface area (Å²) in [6.07, 6.45) is 0.618. The number of likely N-dealkylation sites (tertiary alicyclic amines) is 1. The van der Waals surface area contributed by atoms with Gasteiger partial charge in [0.25, 0.3) is 0 Å². The van der Waals surface area contributed by atoms with Gasteiger partial charge in [-0.25, -0.2) is 9.69 Å². The summed E-state index contributed by atoms with van der Waals surface area (Å²) in [6, 6.07) is 9.96. The fourth-order valence-electron chi connectivity index (χ4n) is 2.35. The monoisotopic (exact) mass is 275 g/mol. The number of carbonyl (C=O) groups excluding carboxylic acids is 2. The molecule has 1 heterocycles. The Bertz CT molecular complexity index is 490. The Morgan fingerprint density at radius 1 is 1.25 bits per heavy atom. The van der Waals surface area contributed by atoms with Crippen molar-refractivity contribution in [3.05, 3.63) is 35.9 Å². The highest BCUT2D eigenvalue weighted by atomic mass is 16.6. The second-order valence-corrected chi connectivity index (χ2v) is 6.13. The number of imide groups is 1. The molecule has 0 unspecified atom stereocenters. The molecule has 0 saturated carbocycles. The van der Waals surface area contributed by atoms with Crippen molar-refractivity contribution in [1.82, 2.24) is 4.90 Å². The summed E-state index contributed by atoms with van der Waals surface area (Å²) in [5, 5.41) is 0. The number of benzene rings is 1. The number of amides is 2. The lowest BCUT2D eigenvalue weighted by Crippen LogP contribution is -2.44. The summed E-state index contributed by atoms with van der Waals surface area (Å²) in [5.41, 5.74) is 0.581. The second kappa shape index (κ2) is 5.65. The fourth-order valence-corrected chi connectivity index (χ4v) is 2.35. The predicted molar refractivity (Wildman–Crippen MR) is 76.4 cm³/mol. The number of hydrogen-bond acceptors (Lipinski definition) is 3. The van der Waals surface area contributed by atoms with Crippen molar-refractivity contribution in [2.45, 2.75) is 45.1 Å². The van der Waals surface area contributed by atoms with Crippen LogP contribution in [-0.4, -0.2) is 29.0 Å². The van der Waals surface area contributed by atoms with Crippen LogP contribution < -0.4 is 0 Å². The Balaban J connectivity index is 2.00. The molecule has 1 aliphatic heterocycles. The van der Waals surface area contributed by atoms with Crippen LogP contribution in [0.4, 0.5) is 4.79 Å². The van der Waals surface area contributed by atoms with Gasteiger partial charge in [0.1, 0.15) is 5.60 Å². The molecule has 1 aromatic carbocycles. The van der Waals surface area contributed by atoms with Gasteiger partial charge in [0.15, 0.2) is 0 Å². The third-order valence-electron chi connectivity index (χ3n) is 3.31. The highest BCUT2D eigenvalue weighted by Crippen LogP contribution is 2.29. The fraction of sp³-hybridized carbons (Fsp3) is 0.500. The zero-order chi connectivity index (χ0) is 14.8. The lowest BCUT2D eigenvalue weighted by molar-refractivity contribution is -0.132. The standard InChI is InChI=1S/C16H21NO3/c1-16(2,3)20-15(19)17-10-9-13(11-14(17)18)12-7-5-4-6-8-12/h4-8,13H,9-11H2,1-3H3/t13-/m1/s1. The normalized spacial score (nSPS) is 19.9. The van der Waals surface area contributed by atoms with Gasteiger partial charge in [-0.05, 0) is 38.7 Å². The Morgan fingerprint density at radius 3 is 2.45 bits per heavy atom. The molecule has 20 heavy (non-hydrogen) atoms. The molecule has 0 aromatic heterocycles. The number of piperidine rings is 1. The van der Waals surface area contributed by atoms with Crippen molar-refractivity contribution >= 4 is 12.0 Å². The van der Waals surface area contributed by atoms with E-state index in [0.29, 0.717) is 13.0 Å². The maximum Gasteiger partial charge on any atom is 0.417 e. The van der Waals surface area contributed by atoms with Crippen molar-refractivity contribution < 1.29 is 14.3 Å². The Morgan fingerprint density at radius 2 is 1.90 bits per heavy atom. The van der Waals surface area contributed by atoms with Crippen molar-refractivity contribution in [2.75, 3.05) is 6.54 Å². The molecule has 108 valence electrons. The average Bonchev–Trinajstić information content (AvgIpc) is 2.37. The van der Waals surface area contributed by atoms with E-state index in [9.17, 15) is 9.59 Å². The van der Waals surface area contributed by atoms with Crippen LogP contribution in [0.1, 0.15) is 45.1 Å². The van der Waals surface area contributed by atoms with Crippen molar-refractivity contribution in [1.29, 1.82) is 0 Å². The Labute approximate surface area is 119 Å². The molecule has 0 aliphatic carbocycles. The SMILES string of the molecule is CC(C)(C)OC(=O)N1CC[C@@H](c2ccccc2)CC1=O. The van der Waals surface area contributed by atoms with Crippen molar-refractivity contribution in [3.8, 4) is 0 Å². The Kier molecular flexibility index (Phi) is 4.12. The summed E-state index contributed by atoms with van der Waals surface area (Å²) < 4.78 is 5.25. The van der Waals surface area contributed by atoms with Crippen LogP contribution >= 0.6 is 0 Å². The number of rotatable bonds is 1. The third-order valence-corrected chi connectivity index (χ3v) is 3.31. The molecule has 0 radical (unpaired) electrons. The van der Waals surface area contributed by atoms with Crippen LogP contribution in [0.15, 0.2) is 30.3 Å². The average molecular weight is 275 g/mol. The van der Waals surface area contributed by atoms with Gasteiger partial charge in [-0.15, -0.1) is 0 Å². The highest BCUT2D eigenvalue weighted by Gasteiger charge is 2.33. The van der Waals surface area contributed by atoms with E-state index in [2.05, 4.69) is 0 Å². The van der Waals surface area contributed by atoms with Gasteiger partial charge in [0.2, 0.25) is 5.91 Å². The molecule has 0 N–H and O–H groups in total. The van der Waals surface area contributed by atoms with Crippen molar-refractivity contribution in [2.24, 2.45) is 0 Å². The molecule has 0 bridgehead atoms. The molecule has 0 spiro atoms. The van der Waals surface area contributed by atoms with Crippen LogP contribution in [0, 0.1) is 0 Å². The van der Waals surface area contributed by atoms with Crippen molar-refractivity contribution in [3.63, 3.8) is 0 Å². The number of nitrogens with zero attached hydrogens (tertiary/aromatic N) is 1. The van der Waals surface area contributed by atoms with E-state index < -0.39 is 11.7 Å². The van der Waals surface area contributed by atoms with Gasteiger partial charge in [-0.2, -0.15) is 0 Å². The van der Waals surface area contributed by atoms with Crippen LogP contribution in [-0.2, 0) is 9.53 Å². The van der Waals surface area contributed by atoms with Crippen LogP contribution in [0.5, 0.6) is 0 Å². The highest BCUT2D eigenvalue weighted by molar-refractivity contribution is 5.93. The first-order valence-electron chi connectivity index (χ1n) is 6.95. The first-order chi connectivity index (χ1) is 9.37. The maximum atomic E-state index is 12.1. The summed E-state index contributed by atoms with van der Waals surface area (Å²) in [7, 11) is 0. The zero-order valence-corrected chi connectivity index (χ0v) is 12.3. The molecule has 2 amide bonds. The second-order valence-electron chi connectivity index (χ2n) is 6.13. The molecule has 4 nitrogen and oxygen atoms in total. The first kappa shape index (κ1) is 14.6. The van der Waals surface area contributed by atoms with Gasteiger partial charge >= 0.3 is 6.09 Å². The third kappa shape index (κ3) is 3.59.